The lowest BCUT2D eigenvalue weighted by atomic mass is 10.1. The molecule has 0 spiro atoms. The third-order valence-corrected chi connectivity index (χ3v) is 7.66. The first-order valence-electron chi connectivity index (χ1n) is 11.9. The molecule has 0 aliphatic carbocycles. The quantitative estimate of drug-likeness (QED) is 0.342. The molecule has 0 saturated carbocycles. The number of rotatable bonds is 7. The maximum atomic E-state index is 12.9. The van der Waals surface area contributed by atoms with Crippen LogP contribution in [0.15, 0.2) is 65.7 Å². The Kier molecular flexibility index (Phi) is 6.22. The average molecular weight is 520 g/mol. The molecule has 0 unspecified atom stereocenters. The van der Waals surface area contributed by atoms with Crippen molar-refractivity contribution < 1.29 is 13.2 Å². The van der Waals surface area contributed by atoms with E-state index in [-0.39, 0.29) is 17.3 Å². The van der Waals surface area contributed by atoms with E-state index >= 15 is 0 Å². The number of hydrogen-bond acceptors (Lipinski definition) is 7. The number of nitrogens with one attached hydrogen (secondary N) is 2. The summed E-state index contributed by atoms with van der Waals surface area (Å²) in [6, 6.07) is 16.6. The first kappa shape index (κ1) is 24.9. The predicted octanol–water partition coefficient (Wildman–Crippen LogP) is 3.02. The van der Waals surface area contributed by atoms with E-state index in [9.17, 15) is 13.2 Å². The van der Waals surface area contributed by atoms with Crippen molar-refractivity contribution in [1.29, 1.82) is 0 Å². The van der Waals surface area contributed by atoms with Crippen molar-refractivity contribution in [3.63, 3.8) is 0 Å². The van der Waals surface area contributed by atoms with E-state index in [4.69, 9.17) is 5.73 Å². The van der Waals surface area contributed by atoms with Crippen molar-refractivity contribution in [2.45, 2.75) is 44.3 Å². The summed E-state index contributed by atoms with van der Waals surface area (Å²) in [5, 5.41) is 7.92. The molecule has 5 rings (SSSR count). The first-order chi connectivity index (χ1) is 17.5. The van der Waals surface area contributed by atoms with E-state index in [1.54, 1.807) is 49.7 Å². The third kappa shape index (κ3) is 5.48. The normalized spacial score (nSPS) is 14.1. The van der Waals surface area contributed by atoms with Gasteiger partial charge in [-0.25, -0.2) is 22.6 Å². The average Bonchev–Trinajstić information content (AvgIpc) is 3.40. The van der Waals surface area contributed by atoms with Gasteiger partial charge in [-0.15, -0.1) is 5.10 Å². The van der Waals surface area contributed by atoms with Gasteiger partial charge in [0.15, 0.2) is 0 Å². The molecule has 11 heteroatoms. The molecule has 0 radical (unpaired) electrons. The number of fused-ring (bicyclic) bond motifs is 2. The number of benzene rings is 2. The standard InChI is InChI=1S/C26H29N7O3S/c1-26(2,3)31-37(35,36)22-6-4-5-17(12-22)23-10-9-21-13-28-25(30-33(21)23)29-20-8-7-18-14-32(16-24(27)34)15-19(18)11-20/h4-13,31H,14-16H2,1-3H3,(H2,27,34)(H,29,30). The van der Waals surface area contributed by atoms with E-state index in [0.29, 0.717) is 24.6 Å². The van der Waals surface area contributed by atoms with Crippen LogP contribution in [-0.4, -0.2) is 45.9 Å². The number of primary amides is 1. The van der Waals surface area contributed by atoms with Crippen molar-refractivity contribution in [3.8, 4) is 11.3 Å². The maximum absolute atomic E-state index is 12.9. The highest BCUT2D eigenvalue weighted by molar-refractivity contribution is 7.89. The van der Waals surface area contributed by atoms with Gasteiger partial charge in [-0.2, -0.15) is 0 Å². The third-order valence-electron chi connectivity index (χ3n) is 5.91. The molecular weight excluding hydrogens is 490 g/mol. The number of nitrogens with zero attached hydrogens (tertiary/aromatic N) is 4. The van der Waals surface area contributed by atoms with Gasteiger partial charge in [0.25, 0.3) is 0 Å². The van der Waals surface area contributed by atoms with Gasteiger partial charge in [0.1, 0.15) is 0 Å². The Labute approximate surface area is 215 Å². The lowest BCUT2D eigenvalue weighted by molar-refractivity contribution is -0.119. The van der Waals surface area contributed by atoms with Gasteiger partial charge in [0, 0.05) is 29.9 Å². The lowest BCUT2D eigenvalue weighted by Gasteiger charge is -2.20. The molecule has 2 aromatic carbocycles. The van der Waals surface area contributed by atoms with Gasteiger partial charge in [-0.1, -0.05) is 18.2 Å². The topological polar surface area (TPSA) is 135 Å². The van der Waals surface area contributed by atoms with Gasteiger partial charge >= 0.3 is 0 Å². The van der Waals surface area contributed by atoms with Gasteiger partial charge in [-0.05, 0) is 68.3 Å². The molecule has 10 nitrogen and oxygen atoms in total. The summed E-state index contributed by atoms with van der Waals surface area (Å²) in [4.78, 5) is 17.9. The second-order valence-electron chi connectivity index (χ2n) is 10.2. The number of carbonyl (C=O) groups excluding carboxylic acids is 1. The Morgan fingerprint density at radius 1 is 1.05 bits per heavy atom. The van der Waals surface area contributed by atoms with Gasteiger partial charge in [0.05, 0.1) is 28.8 Å². The van der Waals surface area contributed by atoms with Crippen LogP contribution in [0.25, 0.3) is 16.8 Å². The zero-order chi connectivity index (χ0) is 26.4. The first-order valence-corrected chi connectivity index (χ1v) is 13.3. The highest BCUT2D eigenvalue weighted by Crippen LogP contribution is 2.28. The maximum Gasteiger partial charge on any atom is 0.245 e. The van der Waals surface area contributed by atoms with E-state index in [1.807, 2.05) is 41.3 Å². The van der Waals surface area contributed by atoms with E-state index < -0.39 is 15.6 Å². The minimum Gasteiger partial charge on any atom is -0.369 e. The minimum absolute atomic E-state index is 0.186. The molecule has 1 aliphatic heterocycles. The van der Waals surface area contributed by atoms with Crippen LogP contribution in [0.4, 0.5) is 11.6 Å². The molecule has 2 aromatic heterocycles. The number of aromatic nitrogens is 3. The summed E-state index contributed by atoms with van der Waals surface area (Å²) in [7, 11) is -3.68. The molecule has 3 heterocycles. The van der Waals surface area contributed by atoms with Crippen molar-refractivity contribution in [2.24, 2.45) is 5.73 Å². The molecule has 4 N–H and O–H groups in total. The molecule has 0 fully saturated rings. The molecule has 1 aliphatic rings. The SMILES string of the molecule is CC(C)(C)NS(=O)(=O)c1cccc(-c2ccc3cnc(Nc4ccc5c(c4)CN(CC(N)=O)C5)nn23)c1. The minimum atomic E-state index is -3.68. The number of nitrogens with two attached hydrogens (primary N) is 1. The van der Waals surface area contributed by atoms with Crippen LogP contribution in [0.1, 0.15) is 31.9 Å². The van der Waals surface area contributed by atoms with Crippen LogP contribution in [0.2, 0.25) is 0 Å². The Morgan fingerprint density at radius 3 is 2.59 bits per heavy atom. The van der Waals surface area contributed by atoms with Crippen molar-refractivity contribution in [3.05, 3.63) is 71.9 Å². The van der Waals surface area contributed by atoms with Crippen LogP contribution in [-0.2, 0) is 27.9 Å². The van der Waals surface area contributed by atoms with Crippen molar-refractivity contribution >= 4 is 33.1 Å². The summed E-state index contributed by atoms with van der Waals surface area (Å²) >= 11 is 0. The van der Waals surface area contributed by atoms with E-state index in [2.05, 4.69) is 20.1 Å². The van der Waals surface area contributed by atoms with Crippen LogP contribution >= 0.6 is 0 Å². The number of carbonyl (C=O) groups is 1. The van der Waals surface area contributed by atoms with Crippen LogP contribution in [0, 0.1) is 0 Å². The molecule has 4 aromatic rings. The molecule has 192 valence electrons. The fourth-order valence-corrected chi connectivity index (χ4v) is 5.93. The molecule has 0 atom stereocenters. The van der Waals surface area contributed by atoms with E-state index in [1.165, 1.54) is 0 Å². The molecule has 0 saturated heterocycles. The van der Waals surface area contributed by atoms with E-state index in [0.717, 1.165) is 28.0 Å². The molecular formula is C26H29N7O3S. The summed E-state index contributed by atoms with van der Waals surface area (Å²) in [5.74, 6) is 0.0547. The highest BCUT2D eigenvalue weighted by atomic mass is 32.2. The Balaban J connectivity index is 1.42. The predicted molar refractivity (Wildman–Crippen MR) is 142 cm³/mol. The van der Waals surface area contributed by atoms with Gasteiger partial charge < -0.3 is 11.1 Å². The molecule has 0 bridgehead atoms. The smallest absolute Gasteiger partial charge is 0.245 e. The van der Waals surface area contributed by atoms with Gasteiger partial charge in [0.2, 0.25) is 21.9 Å². The summed E-state index contributed by atoms with van der Waals surface area (Å²) < 4.78 is 30.2. The zero-order valence-corrected chi connectivity index (χ0v) is 21.7. The number of hydrogen-bond donors (Lipinski definition) is 3. The van der Waals surface area contributed by atoms with Crippen LogP contribution in [0.3, 0.4) is 0 Å². The Morgan fingerprint density at radius 2 is 1.84 bits per heavy atom. The zero-order valence-electron chi connectivity index (χ0n) is 20.9. The monoisotopic (exact) mass is 519 g/mol. The second-order valence-corrected chi connectivity index (χ2v) is 11.9. The van der Waals surface area contributed by atoms with Crippen molar-refractivity contribution in [2.75, 3.05) is 11.9 Å². The number of amides is 1. The summed E-state index contributed by atoms with van der Waals surface area (Å²) in [6.45, 7) is 6.98. The Hall–Kier alpha value is -3.80. The summed E-state index contributed by atoms with van der Waals surface area (Å²) in [6.07, 6.45) is 1.71. The fourth-order valence-electron chi connectivity index (χ4n) is 4.47. The molecule has 37 heavy (non-hydrogen) atoms. The number of anilines is 2. The highest BCUT2D eigenvalue weighted by Gasteiger charge is 2.23. The summed E-state index contributed by atoms with van der Waals surface area (Å²) in [5.41, 5.74) is 10.1. The number of sulfonamides is 1. The second kappa shape index (κ2) is 9.25. The van der Waals surface area contributed by atoms with Gasteiger partial charge in [-0.3, -0.25) is 9.69 Å². The van der Waals surface area contributed by atoms with Crippen LogP contribution in [0.5, 0.6) is 0 Å². The van der Waals surface area contributed by atoms with Crippen molar-refractivity contribution in [1.82, 2.24) is 24.2 Å². The van der Waals surface area contributed by atoms with Crippen LogP contribution < -0.4 is 15.8 Å². The lowest BCUT2D eigenvalue weighted by Crippen LogP contribution is -2.40. The largest absolute Gasteiger partial charge is 0.369 e. The fraction of sp³-hybridized carbons (Fsp3) is 0.269. The molecule has 1 amide bonds. The Bertz CT molecular complexity index is 1610.